The average Bonchev–Trinajstić information content (AvgIpc) is 3.23. The Hall–Kier alpha value is -2.08. The van der Waals surface area contributed by atoms with Crippen molar-refractivity contribution < 1.29 is 0 Å². The minimum Gasteiger partial charge on any atom is -0.309 e. The summed E-state index contributed by atoms with van der Waals surface area (Å²) in [6.07, 6.45) is 8.72. The van der Waals surface area contributed by atoms with Crippen LogP contribution >= 0.6 is 11.8 Å². The Labute approximate surface area is 195 Å². The molecule has 3 aromatic rings. The van der Waals surface area contributed by atoms with Gasteiger partial charge in [-0.25, -0.2) is 4.40 Å². The SMILES string of the molecule is CCCCCSc1nnc2n(CCCCC)c3c(c(=O)n12)C(C)(CC)Cc1ccccc1-3. The number of unbranched alkanes of at least 4 members (excludes halogenated alkanes) is 4. The third-order valence-corrected chi connectivity index (χ3v) is 8.00. The highest BCUT2D eigenvalue weighted by molar-refractivity contribution is 7.99. The molecule has 2 heterocycles. The normalized spacial score (nSPS) is 17.5. The van der Waals surface area contributed by atoms with E-state index in [-0.39, 0.29) is 11.0 Å². The standard InChI is InChI=1S/C26H36N4OS/c1-5-8-12-16-29-22-20-15-11-10-14-19(20)18-26(4,7-3)21(22)23(31)30-24(29)27-28-25(30)32-17-13-9-6-2/h10-11,14-15H,5-9,12-13,16-18H2,1-4H3. The van der Waals surface area contributed by atoms with E-state index < -0.39 is 0 Å². The van der Waals surface area contributed by atoms with Gasteiger partial charge in [-0.2, -0.15) is 0 Å². The molecule has 0 radical (unpaired) electrons. The van der Waals surface area contributed by atoms with Crippen LogP contribution in [0.5, 0.6) is 0 Å². The summed E-state index contributed by atoms with van der Waals surface area (Å²) < 4.78 is 4.10. The van der Waals surface area contributed by atoms with E-state index in [2.05, 4.69) is 66.7 Å². The second-order valence-corrected chi connectivity index (χ2v) is 10.4. The van der Waals surface area contributed by atoms with Crippen molar-refractivity contribution >= 4 is 17.5 Å². The predicted octanol–water partition coefficient (Wildman–Crippen LogP) is 6.25. The number of thioether (sulfide) groups is 1. The van der Waals surface area contributed by atoms with Gasteiger partial charge in [0.05, 0.1) is 5.69 Å². The molecule has 0 bridgehead atoms. The highest BCUT2D eigenvalue weighted by Gasteiger charge is 2.39. The monoisotopic (exact) mass is 452 g/mol. The summed E-state index contributed by atoms with van der Waals surface area (Å²) in [5, 5.41) is 9.81. The van der Waals surface area contributed by atoms with Crippen LogP contribution < -0.4 is 5.56 Å². The number of benzene rings is 1. The minimum atomic E-state index is -0.199. The van der Waals surface area contributed by atoms with E-state index in [1.165, 1.54) is 24.0 Å². The molecule has 1 atom stereocenters. The first-order valence-electron chi connectivity index (χ1n) is 12.3. The van der Waals surface area contributed by atoms with E-state index in [1.54, 1.807) is 11.8 Å². The second-order valence-electron chi connectivity index (χ2n) is 9.31. The zero-order valence-electron chi connectivity index (χ0n) is 20.0. The van der Waals surface area contributed by atoms with Crippen LogP contribution in [-0.2, 0) is 18.4 Å². The lowest BCUT2D eigenvalue weighted by atomic mass is 9.69. The number of hydrogen-bond donors (Lipinski definition) is 0. The molecule has 0 spiro atoms. The topological polar surface area (TPSA) is 52.2 Å². The first-order chi connectivity index (χ1) is 15.6. The molecular weight excluding hydrogens is 416 g/mol. The molecule has 1 aliphatic rings. The van der Waals surface area contributed by atoms with Crippen molar-refractivity contribution in [3.05, 3.63) is 45.7 Å². The summed E-state index contributed by atoms with van der Waals surface area (Å²) in [5.74, 6) is 1.66. The average molecular weight is 453 g/mol. The van der Waals surface area contributed by atoms with E-state index in [1.807, 2.05) is 4.40 Å². The Kier molecular flexibility index (Phi) is 7.08. The van der Waals surface area contributed by atoms with Crippen molar-refractivity contribution in [1.29, 1.82) is 0 Å². The van der Waals surface area contributed by atoms with Crippen LogP contribution in [0.1, 0.15) is 83.8 Å². The van der Waals surface area contributed by atoms with Crippen LogP contribution in [0.4, 0.5) is 0 Å². The molecule has 5 nitrogen and oxygen atoms in total. The summed E-state index contributed by atoms with van der Waals surface area (Å²) in [4.78, 5) is 14.1. The second kappa shape index (κ2) is 9.82. The van der Waals surface area contributed by atoms with Gasteiger partial charge in [0.1, 0.15) is 0 Å². The molecule has 4 rings (SSSR count). The van der Waals surface area contributed by atoms with Crippen molar-refractivity contribution in [2.75, 3.05) is 5.75 Å². The summed E-state index contributed by atoms with van der Waals surface area (Å²) in [5.41, 5.74) is 4.40. The maximum Gasteiger partial charge on any atom is 0.265 e. The van der Waals surface area contributed by atoms with E-state index >= 15 is 0 Å². The lowest BCUT2D eigenvalue weighted by Gasteiger charge is -2.37. The zero-order chi connectivity index (χ0) is 22.7. The van der Waals surface area contributed by atoms with Crippen molar-refractivity contribution in [2.45, 2.75) is 96.2 Å². The van der Waals surface area contributed by atoms with Crippen LogP contribution in [0.3, 0.4) is 0 Å². The third kappa shape index (κ3) is 4.02. The molecule has 0 N–H and O–H groups in total. The van der Waals surface area contributed by atoms with E-state index in [0.717, 1.165) is 67.2 Å². The number of aromatic nitrogens is 4. The highest BCUT2D eigenvalue weighted by atomic mass is 32.2. The molecule has 0 fully saturated rings. The van der Waals surface area contributed by atoms with E-state index in [4.69, 9.17) is 0 Å². The molecule has 32 heavy (non-hydrogen) atoms. The summed E-state index contributed by atoms with van der Waals surface area (Å²) in [7, 11) is 0. The number of fused-ring (bicyclic) bond motifs is 4. The number of rotatable bonds is 10. The molecule has 6 heteroatoms. The Morgan fingerprint density at radius 2 is 1.78 bits per heavy atom. The van der Waals surface area contributed by atoms with Gasteiger partial charge in [0.25, 0.3) is 5.56 Å². The number of nitrogens with zero attached hydrogens (tertiary/aromatic N) is 4. The van der Waals surface area contributed by atoms with Gasteiger partial charge in [-0.1, -0.05) is 89.4 Å². The van der Waals surface area contributed by atoms with Crippen molar-refractivity contribution in [2.24, 2.45) is 0 Å². The first-order valence-corrected chi connectivity index (χ1v) is 13.3. The Balaban J connectivity index is 1.96. The van der Waals surface area contributed by atoms with E-state index in [0.29, 0.717) is 5.78 Å². The Morgan fingerprint density at radius 3 is 2.53 bits per heavy atom. The van der Waals surface area contributed by atoms with Gasteiger partial charge in [-0.3, -0.25) is 4.79 Å². The van der Waals surface area contributed by atoms with Gasteiger partial charge < -0.3 is 4.57 Å². The largest absolute Gasteiger partial charge is 0.309 e. The molecule has 2 aromatic heterocycles. The Morgan fingerprint density at radius 1 is 1.03 bits per heavy atom. The van der Waals surface area contributed by atoms with Crippen LogP contribution in [-0.4, -0.2) is 24.9 Å². The minimum absolute atomic E-state index is 0.0728. The fraction of sp³-hybridized carbons (Fsp3) is 0.577. The van der Waals surface area contributed by atoms with Crippen molar-refractivity contribution in [1.82, 2.24) is 19.2 Å². The molecule has 1 aliphatic carbocycles. The molecule has 172 valence electrons. The van der Waals surface area contributed by atoms with Gasteiger partial charge >= 0.3 is 0 Å². The molecule has 0 saturated heterocycles. The predicted molar refractivity (Wildman–Crippen MR) is 134 cm³/mol. The summed E-state index contributed by atoms with van der Waals surface area (Å²) in [6, 6.07) is 8.59. The molecule has 0 amide bonds. The van der Waals surface area contributed by atoms with Crippen LogP contribution in [0.15, 0.2) is 34.2 Å². The maximum atomic E-state index is 14.1. The smallest absolute Gasteiger partial charge is 0.265 e. The molecule has 1 unspecified atom stereocenters. The van der Waals surface area contributed by atoms with Gasteiger partial charge in [0.15, 0.2) is 5.16 Å². The van der Waals surface area contributed by atoms with Crippen LogP contribution in [0.2, 0.25) is 0 Å². The fourth-order valence-corrected chi connectivity index (χ4v) is 5.87. The lowest BCUT2D eigenvalue weighted by molar-refractivity contribution is 0.433. The van der Waals surface area contributed by atoms with Gasteiger partial charge in [-0.05, 0) is 31.2 Å². The first kappa shape index (κ1) is 23.1. The van der Waals surface area contributed by atoms with Gasteiger partial charge in [0, 0.05) is 28.8 Å². The number of aryl methyl sites for hydroxylation is 1. The zero-order valence-corrected chi connectivity index (χ0v) is 20.8. The molecule has 0 saturated carbocycles. The molecular formula is C26H36N4OS. The quantitative estimate of drug-likeness (QED) is 0.269. The summed E-state index contributed by atoms with van der Waals surface area (Å²) in [6.45, 7) is 9.75. The maximum absolute atomic E-state index is 14.1. The number of hydrogen-bond acceptors (Lipinski definition) is 4. The van der Waals surface area contributed by atoms with Crippen molar-refractivity contribution in [3.63, 3.8) is 0 Å². The lowest BCUT2D eigenvalue weighted by Crippen LogP contribution is -2.39. The fourth-order valence-electron chi connectivity index (χ4n) is 4.94. The van der Waals surface area contributed by atoms with Gasteiger partial charge in [-0.15, -0.1) is 10.2 Å². The third-order valence-electron chi connectivity index (χ3n) is 6.98. The van der Waals surface area contributed by atoms with Crippen molar-refractivity contribution in [3.8, 4) is 11.3 Å². The molecule has 1 aromatic carbocycles. The van der Waals surface area contributed by atoms with Crippen LogP contribution in [0, 0.1) is 0 Å². The summed E-state index contributed by atoms with van der Waals surface area (Å²) >= 11 is 1.67. The van der Waals surface area contributed by atoms with Crippen LogP contribution in [0.25, 0.3) is 17.0 Å². The Bertz CT molecular complexity index is 1150. The van der Waals surface area contributed by atoms with Gasteiger partial charge in [0.2, 0.25) is 5.78 Å². The van der Waals surface area contributed by atoms with E-state index in [9.17, 15) is 4.79 Å². The molecule has 0 aliphatic heterocycles. The highest BCUT2D eigenvalue weighted by Crippen LogP contribution is 2.44.